The van der Waals surface area contributed by atoms with E-state index in [0.717, 1.165) is 50.8 Å². The molecule has 0 aliphatic heterocycles. The van der Waals surface area contributed by atoms with Crippen LogP contribution in [0.3, 0.4) is 0 Å². The largest absolute Gasteiger partial charge is 0.454 e. The average molecular weight is 766 g/mol. The number of anilines is 2. The van der Waals surface area contributed by atoms with Gasteiger partial charge in [0.1, 0.15) is 5.58 Å². The molecule has 0 spiro atoms. The van der Waals surface area contributed by atoms with Crippen molar-refractivity contribution in [2.75, 3.05) is 4.90 Å². The first-order valence-corrected chi connectivity index (χ1v) is 20.5. The molecule has 0 unspecified atom stereocenters. The van der Waals surface area contributed by atoms with E-state index in [1.165, 1.54) is 44.5 Å². The Morgan fingerprint density at radius 3 is 1.88 bits per heavy atom. The highest BCUT2D eigenvalue weighted by Gasteiger charge is 2.38. The zero-order chi connectivity index (χ0) is 42.6. The molecule has 7 rings (SSSR count). The van der Waals surface area contributed by atoms with Crippen molar-refractivity contribution in [1.82, 2.24) is 0 Å². The third-order valence-corrected chi connectivity index (χ3v) is 10.4. The Balaban J connectivity index is 0.000000344. The molecule has 1 aliphatic rings. The van der Waals surface area contributed by atoms with Crippen molar-refractivity contribution in [3.63, 3.8) is 0 Å². The molecule has 0 bridgehead atoms. The maximum absolute atomic E-state index is 6.44. The van der Waals surface area contributed by atoms with E-state index in [1.807, 2.05) is 81.5 Å². The van der Waals surface area contributed by atoms with Gasteiger partial charge in [0, 0.05) is 27.3 Å². The van der Waals surface area contributed by atoms with Crippen molar-refractivity contribution in [2.24, 2.45) is 0 Å². The standard InChI is InChI=1S/C38H33NO.C8H10.C8H14.C2H6/c1-8-27-28(9-2)36-30-21-20-24(4)22-31(30)38(6,7)32(36)23-34(27)39(26-16-12-11-13-17-26)33(10-3)37-25(5)29-18-14-15-19-35(29)40-37;1-7-3-5-8(2)6-4-7;1-4-6-8(3)7-5-2;1-2/h8-23H,1-3,5H2,4,6-7H3;3-6H,1-2H3;4,6-7H,5H2,1-3H3;1-2H3/b37-33-;;6-4-,8-7-;. The molecule has 2 nitrogen and oxygen atoms in total. The maximum Gasteiger partial charge on any atom is 0.158 e. The van der Waals surface area contributed by atoms with E-state index < -0.39 is 0 Å². The van der Waals surface area contributed by atoms with Crippen LogP contribution in [0.1, 0.15) is 93.8 Å². The summed E-state index contributed by atoms with van der Waals surface area (Å²) in [7, 11) is 0. The van der Waals surface area contributed by atoms with Gasteiger partial charge in [-0.05, 0) is 99.2 Å². The number of hydrogen-bond acceptors (Lipinski definition) is 2. The predicted octanol–water partition coefficient (Wildman–Crippen LogP) is 15.1. The number of rotatable bonds is 8. The molecule has 1 heterocycles. The topological polar surface area (TPSA) is 16.4 Å². The summed E-state index contributed by atoms with van der Waals surface area (Å²) in [6.07, 6.45) is 13.3. The molecule has 0 saturated carbocycles. The van der Waals surface area contributed by atoms with Gasteiger partial charge < -0.3 is 9.32 Å². The highest BCUT2D eigenvalue weighted by atomic mass is 16.3. The molecule has 6 aromatic rings. The number of hydrogen-bond donors (Lipinski definition) is 0. The minimum absolute atomic E-state index is 0.198. The van der Waals surface area contributed by atoms with Crippen LogP contribution in [0.25, 0.3) is 46.5 Å². The van der Waals surface area contributed by atoms with Crippen LogP contribution in [-0.4, -0.2) is 0 Å². The van der Waals surface area contributed by atoms with Crippen LogP contribution in [0.2, 0.25) is 0 Å². The Hall–Kier alpha value is -6.12. The van der Waals surface area contributed by atoms with Gasteiger partial charge in [0.05, 0.1) is 11.4 Å². The van der Waals surface area contributed by atoms with Gasteiger partial charge in [-0.2, -0.15) is 0 Å². The summed E-state index contributed by atoms with van der Waals surface area (Å²) in [4.78, 5) is 2.22. The van der Waals surface area contributed by atoms with Crippen molar-refractivity contribution in [3.8, 4) is 11.1 Å². The number of fused-ring (bicyclic) bond motifs is 4. The molecule has 298 valence electrons. The lowest BCUT2D eigenvalue weighted by molar-refractivity contribution is 0.572. The second-order valence-corrected chi connectivity index (χ2v) is 14.9. The number of allylic oxidation sites excluding steroid dienone is 4. The molecule has 1 aromatic heterocycles. The second kappa shape index (κ2) is 20.3. The lowest BCUT2D eigenvalue weighted by Crippen LogP contribution is -2.29. The van der Waals surface area contributed by atoms with Gasteiger partial charge in [-0.1, -0.05) is 192 Å². The van der Waals surface area contributed by atoms with Gasteiger partial charge in [-0.15, -0.1) is 0 Å². The third-order valence-electron chi connectivity index (χ3n) is 10.4. The summed E-state index contributed by atoms with van der Waals surface area (Å²) in [6.45, 7) is 38.5. The van der Waals surface area contributed by atoms with Gasteiger partial charge >= 0.3 is 0 Å². The van der Waals surface area contributed by atoms with E-state index in [2.05, 4.69) is 159 Å². The van der Waals surface area contributed by atoms with Crippen molar-refractivity contribution < 1.29 is 4.42 Å². The number of nitrogens with zero attached hydrogens (tertiary/aromatic N) is 1. The van der Waals surface area contributed by atoms with Crippen LogP contribution in [0.15, 0.2) is 157 Å². The molecule has 1 aliphatic carbocycles. The maximum atomic E-state index is 6.44. The fraction of sp³-hybridized carbons (Fsp3) is 0.214. The lowest BCUT2D eigenvalue weighted by Gasteiger charge is -2.31. The van der Waals surface area contributed by atoms with Gasteiger partial charge in [-0.25, -0.2) is 0 Å². The lowest BCUT2D eigenvalue weighted by atomic mass is 9.80. The molecule has 0 atom stereocenters. The number of furan rings is 1. The quantitative estimate of drug-likeness (QED) is 0.144. The zero-order valence-corrected chi connectivity index (χ0v) is 36.7. The Labute approximate surface area is 349 Å². The summed E-state index contributed by atoms with van der Waals surface area (Å²) in [6, 6.07) is 35.9. The number of benzene rings is 5. The average Bonchev–Trinajstić information content (AvgIpc) is 3.68. The van der Waals surface area contributed by atoms with Gasteiger partial charge in [-0.3, -0.25) is 0 Å². The Bertz CT molecular complexity index is 2520. The second-order valence-electron chi connectivity index (χ2n) is 14.9. The number of aryl methyl sites for hydroxylation is 3. The third kappa shape index (κ3) is 9.52. The first-order chi connectivity index (χ1) is 27.9. The van der Waals surface area contributed by atoms with Crippen molar-refractivity contribution in [2.45, 2.75) is 81.1 Å². The van der Waals surface area contributed by atoms with Crippen molar-refractivity contribution in [1.29, 1.82) is 0 Å². The molecule has 2 heteroatoms. The molecular weight excluding hydrogens is 703 g/mol. The fourth-order valence-corrected chi connectivity index (χ4v) is 7.50. The molecule has 0 amide bonds. The van der Waals surface area contributed by atoms with E-state index in [4.69, 9.17) is 4.42 Å². The predicted molar refractivity (Wildman–Crippen MR) is 258 cm³/mol. The van der Waals surface area contributed by atoms with Gasteiger partial charge in [0.15, 0.2) is 5.42 Å². The smallest absolute Gasteiger partial charge is 0.158 e. The molecule has 0 saturated heterocycles. The molecule has 0 fully saturated rings. The van der Waals surface area contributed by atoms with Crippen LogP contribution >= 0.6 is 0 Å². The van der Waals surface area contributed by atoms with E-state index >= 15 is 0 Å². The van der Waals surface area contributed by atoms with Crippen molar-refractivity contribution >= 4 is 46.8 Å². The van der Waals surface area contributed by atoms with Crippen molar-refractivity contribution in [3.05, 3.63) is 202 Å². The highest BCUT2D eigenvalue weighted by molar-refractivity contribution is 5.98. The fourth-order valence-electron chi connectivity index (χ4n) is 7.50. The van der Waals surface area contributed by atoms with Crippen LogP contribution in [0, 0.1) is 20.8 Å². The summed E-state index contributed by atoms with van der Waals surface area (Å²) in [5, 5.41) is 1.82. The Morgan fingerprint density at radius 2 is 1.33 bits per heavy atom. The highest BCUT2D eigenvalue weighted by Crippen LogP contribution is 2.54. The summed E-state index contributed by atoms with van der Waals surface area (Å²) < 4.78 is 6.44. The SMILES string of the molecule is C/C=C\C(C)=C/CC.C=C/C(=c1/oc2ccccc2c1=C)N(c1ccccc1)c1cc2c(c(C=C)c1C=C)-c1ccc(C)cc1C2(C)C.CC.Cc1ccc(C)cc1. The van der Waals surface area contributed by atoms with E-state index in [1.54, 1.807) is 0 Å². The minimum atomic E-state index is -0.198. The first-order valence-electron chi connectivity index (χ1n) is 20.5. The molecular formula is C56H63NO. The van der Waals surface area contributed by atoms with E-state index in [-0.39, 0.29) is 5.41 Å². The van der Waals surface area contributed by atoms with Crippen LogP contribution in [0.4, 0.5) is 11.4 Å². The monoisotopic (exact) mass is 765 g/mol. The number of para-hydroxylation sites is 2. The van der Waals surface area contributed by atoms with E-state index in [9.17, 15) is 0 Å². The summed E-state index contributed by atoms with van der Waals surface area (Å²) in [5.41, 5.74) is 16.5. The van der Waals surface area contributed by atoms with Gasteiger partial charge in [0.25, 0.3) is 0 Å². The summed E-state index contributed by atoms with van der Waals surface area (Å²) >= 11 is 0. The van der Waals surface area contributed by atoms with Gasteiger partial charge in [0.2, 0.25) is 0 Å². The molecule has 5 aromatic carbocycles. The van der Waals surface area contributed by atoms with E-state index in [0.29, 0.717) is 5.42 Å². The zero-order valence-electron chi connectivity index (χ0n) is 36.7. The summed E-state index contributed by atoms with van der Waals surface area (Å²) in [5.74, 6) is 0. The molecule has 0 N–H and O–H groups in total. The molecule has 0 radical (unpaired) electrons. The first kappa shape index (κ1) is 44.6. The normalized spacial score (nSPS) is 12.8. The minimum Gasteiger partial charge on any atom is -0.454 e. The van der Waals surface area contributed by atoms with Crippen LogP contribution < -0.4 is 15.5 Å². The van der Waals surface area contributed by atoms with Crippen LogP contribution in [-0.2, 0) is 5.41 Å². The Kier molecular flexibility index (Phi) is 15.6. The Morgan fingerprint density at radius 1 is 0.741 bits per heavy atom. The molecule has 58 heavy (non-hydrogen) atoms. The van der Waals surface area contributed by atoms with Crippen LogP contribution in [0.5, 0.6) is 0 Å².